The van der Waals surface area contributed by atoms with Gasteiger partial charge in [-0.25, -0.2) is 0 Å². The molecule has 0 atom stereocenters. The van der Waals surface area contributed by atoms with Crippen molar-refractivity contribution in [3.63, 3.8) is 0 Å². The van der Waals surface area contributed by atoms with Crippen molar-refractivity contribution in [3.8, 4) is 0 Å². The molecule has 0 heterocycles. The van der Waals surface area contributed by atoms with E-state index in [-0.39, 0.29) is 0 Å². The molecule has 1 aromatic carbocycles. The highest BCUT2D eigenvalue weighted by Gasteiger charge is 2.20. The lowest BCUT2D eigenvalue weighted by molar-refractivity contribution is 1.53. The molecule has 1 aromatic rings. The van der Waals surface area contributed by atoms with E-state index in [9.17, 15) is 0 Å². The summed E-state index contributed by atoms with van der Waals surface area (Å²) in [7, 11) is 0. The van der Waals surface area contributed by atoms with Crippen LogP contribution < -0.4 is 5.46 Å². The van der Waals surface area contributed by atoms with E-state index in [0.717, 1.165) is 0 Å². The molecular formula is C15H19B. The first-order valence-electron chi connectivity index (χ1n) is 5.71. The molecular weight excluding hydrogens is 191 g/mol. The third-order valence-electron chi connectivity index (χ3n) is 2.95. The highest BCUT2D eigenvalue weighted by molar-refractivity contribution is 6.86. The molecule has 82 valence electrons. The Morgan fingerprint density at radius 3 is 2.19 bits per heavy atom. The second-order valence-electron chi connectivity index (χ2n) is 3.87. The van der Waals surface area contributed by atoms with Crippen LogP contribution in [0.2, 0.25) is 0 Å². The van der Waals surface area contributed by atoms with Crippen LogP contribution in [-0.4, -0.2) is 6.71 Å². The summed E-state index contributed by atoms with van der Waals surface area (Å²) >= 11 is 0. The minimum Gasteiger partial charge on any atom is -0.0996 e. The fraction of sp³-hybridized carbons (Fsp3) is 0.200. The van der Waals surface area contributed by atoms with E-state index in [1.807, 2.05) is 6.08 Å². The van der Waals surface area contributed by atoms with Crippen LogP contribution in [0.1, 0.15) is 20.8 Å². The maximum Gasteiger partial charge on any atom is 0.236 e. The van der Waals surface area contributed by atoms with Crippen LogP contribution in [0.25, 0.3) is 0 Å². The lowest BCUT2D eigenvalue weighted by Crippen LogP contribution is -2.33. The number of allylic oxidation sites excluding steroid dienone is 5. The molecule has 0 aromatic heterocycles. The van der Waals surface area contributed by atoms with Crippen molar-refractivity contribution < 1.29 is 0 Å². The average Bonchev–Trinajstić information content (AvgIpc) is 2.36. The number of hydrogen-bond donors (Lipinski definition) is 0. The molecule has 0 unspecified atom stereocenters. The second-order valence-corrected chi connectivity index (χ2v) is 3.87. The number of hydrogen-bond acceptors (Lipinski definition) is 0. The summed E-state index contributed by atoms with van der Waals surface area (Å²) in [5, 5.41) is 0. The maximum absolute atomic E-state index is 3.90. The highest BCUT2D eigenvalue weighted by atomic mass is 13.9. The van der Waals surface area contributed by atoms with Crippen LogP contribution in [0, 0.1) is 0 Å². The van der Waals surface area contributed by atoms with Gasteiger partial charge >= 0.3 is 0 Å². The van der Waals surface area contributed by atoms with E-state index in [4.69, 9.17) is 0 Å². The van der Waals surface area contributed by atoms with Gasteiger partial charge < -0.3 is 0 Å². The van der Waals surface area contributed by atoms with Crippen LogP contribution in [-0.2, 0) is 0 Å². The fourth-order valence-corrected chi connectivity index (χ4v) is 1.93. The van der Waals surface area contributed by atoms with E-state index in [2.05, 4.69) is 69.8 Å². The van der Waals surface area contributed by atoms with Crippen LogP contribution in [0.3, 0.4) is 0 Å². The Kier molecular flexibility index (Phi) is 4.85. The third kappa shape index (κ3) is 2.76. The lowest BCUT2D eigenvalue weighted by atomic mass is 9.36. The molecule has 1 rings (SSSR count). The van der Waals surface area contributed by atoms with Gasteiger partial charge in [-0.05, 0) is 13.8 Å². The topological polar surface area (TPSA) is 0 Å². The van der Waals surface area contributed by atoms with E-state index in [1.54, 1.807) is 0 Å². The predicted octanol–water partition coefficient (Wildman–Crippen LogP) is 3.57. The van der Waals surface area contributed by atoms with Gasteiger partial charge in [-0.15, -0.1) is 0 Å². The maximum atomic E-state index is 3.90. The minimum atomic E-state index is 0.341. The normalized spacial score (nSPS) is 12.4. The first kappa shape index (κ1) is 12.6. The Morgan fingerprint density at radius 2 is 1.75 bits per heavy atom. The average molecular weight is 210 g/mol. The summed E-state index contributed by atoms with van der Waals surface area (Å²) in [6.45, 7) is 10.6. The molecule has 0 bridgehead atoms. The molecule has 0 aliphatic carbocycles. The van der Waals surface area contributed by atoms with Crippen molar-refractivity contribution in [2.45, 2.75) is 20.8 Å². The lowest BCUT2D eigenvalue weighted by Gasteiger charge is -2.16. The van der Waals surface area contributed by atoms with E-state index < -0.39 is 0 Å². The Bertz CT molecular complexity index is 399. The van der Waals surface area contributed by atoms with Gasteiger partial charge in [0.2, 0.25) is 6.71 Å². The molecule has 0 saturated heterocycles. The molecule has 1 heteroatoms. The molecule has 0 nitrogen and oxygen atoms in total. The van der Waals surface area contributed by atoms with Crippen molar-refractivity contribution >= 4 is 12.2 Å². The van der Waals surface area contributed by atoms with Crippen molar-refractivity contribution in [2.24, 2.45) is 0 Å². The van der Waals surface area contributed by atoms with Crippen LogP contribution in [0.4, 0.5) is 0 Å². The molecule has 0 fully saturated rings. The fourth-order valence-electron chi connectivity index (χ4n) is 1.93. The van der Waals surface area contributed by atoms with E-state index in [0.29, 0.717) is 6.71 Å². The van der Waals surface area contributed by atoms with Gasteiger partial charge in [-0.2, -0.15) is 0 Å². The molecule has 0 aliphatic rings. The van der Waals surface area contributed by atoms with Crippen LogP contribution in [0.15, 0.2) is 66.1 Å². The molecule has 0 aliphatic heterocycles. The Labute approximate surface area is 99.5 Å². The van der Waals surface area contributed by atoms with Gasteiger partial charge in [-0.3, -0.25) is 0 Å². The monoisotopic (exact) mass is 210 g/mol. The standard InChI is InChI=1S/C15H19B/c1-5-13(4)16(14(6-2)7-3)15-11-9-8-10-12-15/h5-12H,2H2,1,3-4H3/b13-5+,14-7+. The van der Waals surface area contributed by atoms with Gasteiger partial charge in [0.25, 0.3) is 0 Å². The summed E-state index contributed by atoms with van der Waals surface area (Å²) in [6, 6.07) is 10.6. The van der Waals surface area contributed by atoms with Crippen LogP contribution in [0.5, 0.6) is 0 Å². The highest BCUT2D eigenvalue weighted by Crippen LogP contribution is 2.11. The quantitative estimate of drug-likeness (QED) is 0.526. The Balaban J connectivity index is 3.22. The molecule has 16 heavy (non-hydrogen) atoms. The zero-order valence-electron chi connectivity index (χ0n) is 10.4. The van der Waals surface area contributed by atoms with Crippen molar-refractivity contribution in [3.05, 3.63) is 66.1 Å². The minimum absolute atomic E-state index is 0.341. The molecule has 0 amide bonds. The van der Waals surface area contributed by atoms with Crippen LogP contribution >= 0.6 is 0 Å². The smallest absolute Gasteiger partial charge is 0.0996 e. The number of benzene rings is 1. The summed E-state index contributed by atoms with van der Waals surface area (Å²) < 4.78 is 0. The summed E-state index contributed by atoms with van der Waals surface area (Å²) in [5.74, 6) is 0. The molecule has 0 spiro atoms. The first-order valence-corrected chi connectivity index (χ1v) is 5.71. The second kappa shape index (κ2) is 6.17. The number of rotatable bonds is 4. The zero-order valence-corrected chi connectivity index (χ0v) is 10.4. The SMILES string of the molecule is C=C/C(=C\C)B(/C(C)=C/C)c1ccccc1. The summed E-state index contributed by atoms with van der Waals surface area (Å²) in [5.41, 5.74) is 3.95. The van der Waals surface area contributed by atoms with Gasteiger partial charge in [0.15, 0.2) is 0 Å². The predicted molar refractivity (Wildman–Crippen MR) is 75.2 cm³/mol. The van der Waals surface area contributed by atoms with Crippen molar-refractivity contribution in [1.29, 1.82) is 0 Å². The first-order chi connectivity index (χ1) is 7.74. The van der Waals surface area contributed by atoms with E-state index in [1.165, 1.54) is 16.4 Å². The molecule has 0 N–H and O–H groups in total. The van der Waals surface area contributed by atoms with Gasteiger partial charge in [0.1, 0.15) is 0 Å². The Hall–Kier alpha value is -1.50. The Morgan fingerprint density at radius 1 is 1.12 bits per heavy atom. The molecule has 0 radical (unpaired) electrons. The van der Waals surface area contributed by atoms with Gasteiger partial charge in [0.05, 0.1) is 0 Å². The largest absolute Gasteiger partial charge is 0.236 e. The zero-order chi connectivity index (χ0) is 12.0. The van der Waals surface area contributed by atoms with Crippen molar-refractivity contribution in [2.75, 3.05) is 0 Å². The summed E-state index contributed by atoms with van der Waals surface area (Å²) in [4.78, 5) is 0. The van der Waals surface area contributed by atoms with E-state index >= 15 is 0 Å². The van der Waals surface area contributed by atoms with Gasteiger partial charge in [-0.1, -0.05) is 78.5 Å². The summed E-state index contributed by atoms with van der Waals surface area (Å²) in [6.07, 6.45) is 6.26. The molecule has 0 saturated carbocycles. The van der Waals surface area contributed by atoms with Gasteiger partial charge in [0, 0.05) is 0 Å². The third-order valence-corrected chi connectivity index (χ3v) is 2.95. The van der Waals surface area contributed by atoms with Crippen molar-refractivity contribution in [1.82, 2.24) is 0 Å².